The van der Waals surface area contributed by atoms with Crippen LogP contribution in [0, 0.1) is 13.8 Å². The number of amides is 1. The maximum atomic E-state index is 12.5. The first kappa shape index (κ1) is 20.7. The first-order valence-corrected chi connectivity index (χ1v) is 10.3. The lowest BCUT2D eigenvalue weighted by Crippen LogP contribution is -2.23. The fraction of sp³-hybridized carbons (Fsp3) is 0.261. The van der Waals surface area contributed by atoms with Gasteiger partial charge < -0.3 is 10.1 Å². The molecule has 0 saturated carbocycles. The van der Waals surface area contributed by atoms with E-state index in [9.17, 15) is 9.59 Å². The van der Waals surface area contributed by atoms with Gasteiger partial charge in [-0.3, -0.25) is 9.59 Å². The van der Waals surface area contributed by atoms with Gasteiger partial charge in [0.25, 0.3) is 0 Å². The Hall–Kier alpha value is -2.99. The van der Waals surface area contributed by atoms with Crippen molar-refractivity contribution in [2.75, 3.05) is 7.11 Å². The quantitative estimate of drug-likeness (QED) is 0.548. The summed E-state index contributed by atoms with van der Waals surface area (Å²) in [6.07, 6.45) is 0.266. The number of aryl methyl sites for hydroxylation is 2. The van der Waals surface area contributed by atoms with Gasteiger partial charge in [-0.1, -0.05) is 35.9 Å². The van der Waals surface area contributed by atoms with Gasteiger partial charge in [0.2, 0.25) is 5.91 Å². The molecule has 5 nitrogen and oxygen atoms in total. The molecule has 3 rings (SSSR count). The Labute approximate surface area is 174 Å². The second-order valence-corrected chi connectivity index (χ2v) is 7.72. The number of thiazole rings is 1. The highest BCUT2D eigenvalue weighted by Crippen LogP contribution is 2.26. The molecule has 0 unspecified atom stereocenters. The van der Waals surface area contributed by atoms with Crippen LogP contribution in [-0.4, -0.2) is 23.8 Å². The summed E-state index contributed by atoms with van der Waals surface area (Å²) in [6, 6.07) is 13.5. The van der Waals surface area contributed by atoms with Gasteiger partial charge in [-0.2, -0.15) is 0 Å². The Morgan fingerprint density at radius 3 is 2.66 bits per heavy atom. The van der Waals surface area contributed by atoms with Crippen molar-refractivity contribution in [3.8, 4) is 16.3 Å². The monoisotopic (exact) mass is 408 g/mol. The predicted octanol–water partition coefficient (Wildman–Crippen LogP) is 4.71. The molecule has 0 saturated heterocycles. The standard InChI is InChI=1S/C23H24N2O3S/c1-15-8-10-21(28-3)19(12-15)20(26)9-11-22(27)24-13-17-14-29-23(25-17)18-7-5-4-6-16(18)2/h4-8,10,12,14H,9,11,13H2,1-3H3,(H,24,27). The van der Waals surface area contributed by atoms with E-state index in [0.29, 0.717) is 17.9 Å². The number of benzene rings is 2. The van der Waals surface area contributed by atoms with Crippen LogP contribution in [-0.2, 0) is 11.3 Å². The molecule has 3 aromatic rings. The number of nitrogens with one attached hydrogen (secondary N) is 1. The van der Waals surface area contributed by atoms with Crippen LogP contribution in [0.1, 0.15) is 40.0 Å². The highest BCUT2D eigenvalue weighted by atomic mass is 32.1. The van der Waals surface area contributed by atoms with Crippen molar-refractivity contribution in [2.24, 2.45) is 0 Å². The van der Waals surface area contributed by atoms with Crippen LogP contribution in [0.2, 0.25) is 0 Å². The minimum absolute atomic E-state index is 0.101. The van der Waals surface area contributed by atoms with Crippen LogP contribution in [0.25, 0.3) is 10.6 Å². The third-order valence-electron chi connectivity index (χ3n) is 4.63. The zero-order valence-corrected chi connectivity index (χ0v) is 17.6. The van der Waals surface area contributed by atoms with Crippen LogP contribution < -0.4 is 10.1 Å². The van der Waals surface area contributed by atoms with Crippen molar-refractivity contribution >= 4 is 23.0 Å². The lowest BCUT2D eigenvalue weighted by Gasteiger charge is -2.08. The summed E-state index contributed by atoms with van der Waals surface area (Å²) in [5.74, 6) is 0.263. The van der Waals surface area contributed by atoms with Gasteiger partial charge in [0.15, 0.2) is 5.78 Å². The van der Waals surface area contributed by atoms with Crippen molar-refractivity contribution in [2.45, 2.75) is 33.2 Å². The fourth-order valence-corrected chi connectivity index (χ4v) is 3.91. The summed E-state index contributed by atoms with van der Waals surface area (Å²) >= 11 is 1.56. The average molecular weight is 409 g/mol. The number of hydrogen-bond donors (Lipinski definition) is 1. The SMILES string of the molecule is COc1ccc(C)cc1C(=O)CCC(=O)NCc1csc(-c2ccccc2C)n1. The normalized spacial score (nSPS) is 10.6. The molecule has 0 aliphatic rings. The number of ether oxygens (including phenoxy) is 1. The van der Waals surface area contributed by atoms with Gasteiger partial charge >= 0.3 is 0 Å². The van der Waals surface area contributed by atoms with Crippen LogP contribution in [0.3, 0.4) is 0 Å². The van der Waals surface area contributed by atoms with Crippen LogP contribution in [0.4, 0.5) is 0 Å². The molecule has 1 amide bonds. The first-order valence-electron chi connectivity index (χ1n) is 9.43. The van der Waals surface area contributed by atoms with Gasteiger partial charge in [0.1, 0.15) is 10.8 Å². The molecule has 0 bridgehead atoms. The van der Waals surface area contributed by atoms with Gasteiger partial charge in [0, 0.05) is 23.8 Å². The Morgan fingerprint density at radius 1 is 1.10 bits per heavy atom. The summed E-state index contributed by atoms with van der Waals surface area (Å²) < 4.78 is 5.25. The van der Waals surface area contributed by atoms with E-state index >= 15 is 0 Å². The molecule has 0 aliphatic carbocycles. The summed E-state index contributed by atoms with van der Waals surface area (Å²) in [5, 5.41) is 5.74. The molecule has 29 heavy (non-hydrogen) atoms. The fourth-order valence-electron chi connectivity index (χ4n) is 3.00. The third-order valence-corrected chi connectivity index (χ3v) is 5.55. The topological polar surface area (TPSA) is 68.3 Å². The largest absolute Gasteiger partial charge is 0.496 e. The molecule has 2 aromatic carbocycles. The molecule has 1 N–H and O–H groups in total. The molecule has 0 spiro atoms. The maximum absolute atomic E-state index is 12.5. The first-order chi connectivity index (χ1) is 14.0. The second kappa shape index (κ2) is 9.47. The zero-order valence-electron chi connectivity index (χ0n) is 16.8. The van der Waals surface area contributed by atoms with Crippen LogP contribution in [0.15, 0.2) is 47.8 Å². The number of aromatic nitrogens is 1. The number of carbonyl (C=O) groups is 2. The number of nitrogens with zero attached hydrogens (tertiary/aromatic N) is 1. The van der Waals surface area contributed by atoms with E-state index in [2.05, 4.69) is 23.3 Å². The lowest BCUT2D eigenvalue weighted by atomic mass is 10.0. The number of methoxy groups -OCH3 is 1. The Balaban J connectivity index is 1.53. The Kier molecular flexibility index (Phi) is 6.77. The summed E-state index contributed by atoms with van der Waals surface area (Å²) in [6.45, 7) is 4.32. The summed E-state index contributed by atoms with van der Waals surface area (Å²) in [4.78, 5) is 29.3. The molecule has 0 radical (unpaired) electrons. The number of rotatable bonds is 8. The number of ketones is 1. The number of Topliss-reactive ketones (excluding diaryl/α,β-unsaturated/α-hetero) is 1. The van der Waals surface area contributed by atoms with E-state index in [4.69, 9.17) is 4.74 Å². The van der Waals surface area contributed by atoms with Gasteiger partial charge in [-0.25, -0.2) is 4.98 Å². The van der Waals surface area contributed by atoms with Crippen molar-refractivity contribution < 1.29 is 14.3 Å². The van der Waals surface area contributed by atoms with E-state index < -0.39 is 0 Å². The van der Waals surface area contributed by atoms with Crippen molar-refractivity contribution in [1.29, 1.82) is 0 Å². The van der Waals surface area contributed by atoms with E-state index in [-0.39, 0.29) is 24.5 Å². The maximum Gasteiger partial charge on any atom is 0.220 e. The van der Waals surface area contributed by atoms with Gasteiger partial charge in [-0.15, -0.1) is 11.3 Å². The molecule has 150 valence electrons. The molecular weight excluding hydrogens is 384 g/mol. The van der Waals surface area contributed by atoms with Crippen LogP contribution >= 0.6 is 11.3 Å². The minimum Gasteiger partial charge on any atom is -0.496 e. The number of carbonyl (C=O) groups excluding carboxylic acids is 2. The van der Waals surface area contributed by atoms with Crippen LogP contribution in [0.5, 0.6) is 5.75 Å². The highest BCUT2D eigenvalue weighted by Gasteiger charge is 2.15. The lowest BCUT2D eigenvalue weighted by molar-refractivity contribution is -0.121. The molecular formula is C23H24N2O3S. The smallest absolute Gasteiger partial charge is 0.220 e. The van der Waals surface area contributed by atoms with E-state index in [1.54, 1.807) is 23.5 Å². The second-order valence-electron chi connectivity index (χ2n) is 6.86. The predicted molar refractivity (Wildman–Crippen MR) is 115 cm³/mol. The Bertz CT molecular complexity index is 1030. The summed E-state index contributed by atoms with van der Waals surface area (Å²) in [5.41, 5.74) is 4.58. The van der Waals surface area contributed by atoms with Crippen molar-refractivity contribution in [3.05, 3.63) is 70.2 Å². The molecule has 0 fully saturated rings. The zero-order chi connectivity index (χ0) is 20.8. The van der Waals surface area contributed by atoms with E-state index in [0.717, 1.165) is 21.8 Å². The third kappa shape index (κ3) is 5.29. The highest BCUT2D eigenvalue weighted by molar-refractivity contribution is 7.13. The minimum atomic E-state index is -0.171. The number of hydrogen-bond acceptors (Lipinski definition) is 5. The molecule has 1 aromatic heterocycles. The average Bonchev–Trinajstić information content (AvgIpc) is 3.19. The van der Waals surface area contributed by atoms with Crippen molar-refractivity contribution in [1.82, 2.24) is 10.3 Å². The molecule has 6 heteroatoms. The van der Waals surface area contributed by atoms with E-state index in [1.807, 2.05) is 36.6 Å². The molecule has 0 aliphatic heterocycles. The Morgan fingerprint density at radius 2 is 1.90 bits per heavy atom. The van der Waals surface area contributed by atoms with Gasteiger partial charge in [0.05, 0.1) is 24.9 Å². The molecule has 0 atom stereocenters. The summed E-state index contributed by atoms with van der Waals surface area (Å²) in [7, 11) is 1.53. The van der Waals surface area contributed by atoms with Gasteiger partial charge in [-0.05, 0) is 31.5 Å². The molecule has 1 heterocycles. The van der Waals surface area contributed by atoms with Crippen molar-refractivity contribution in [3.63, 3.8) is 0 Å². The van der Waals surface area contributed by atoms with E-state index in [1.165, 1.54) is 12.7 Å².